The zero-order chi connectivity index (χ0) is 13.1. The van der Waals surface area contributed by atoms with Crippen molar-refractivity contribution in [1.29, 1.82) is 0 Å². The second kappa shape index (κ2) is 5.56. The van der Waals surface area contributed by atoms with Crippen LogP contribution in [-0.4, -0.2) is 10.1 Å². The number of aromatic amines is 1. The number of hydrogen-bond donors (Lipinski definition) is 3. The quantitative estimate of drug-likeness (QED) is 0.495. The Labute approximate surface area is 118 Å². The number of benzene rings is 1. The molecule has 0 saturated carbocycles. The Hall–Kier alpha value is -1.63. The molecule has 6 heteroatoms. The van der Waals surface area contributed by atoms with Gasteiger partial charge in [-0.1, -0.05) is 12.1 Å². The van der Waals surface area contributed by atoms with Crippen LogP contribution in [0.3, 0.4) is 0 Å². The van der Waals surface area contributed by atoms with E-state index in [1.165, 1.54) is 12.2 Å². The summed E-state index contributed by atoms with van der Waals surface area (Å²) in [6.07, 6.45) is 0. The summed E-state index contributed by atoms with van der Waals surface area (Å²) in [5.74, 6) is 0. The molecule has 0 fully saturated rings. The first kappa shape index (κ1) is 12.4. The Kier molecular flexibility index (Phi) is 3.63. The topological polar surface area (TPSA) is 57.3 Å². The van der Waals surface area contributed by atoms with Crippen LogP contribution < -0.4 is 8.91 Å². The van der Waals surface area contributed by atoms with Gasteiger partial charge in [0.2, 0.25) is 0 Å². The van der Waals surface area contributed by atoms with E-state index >= 15 is 0 Å². The molecule has 0 saturated heterocycles. The molecule has 0 atom stereocenters. The number of hydrogen-bond acceptors (Lipinski definition) is 5. The number of nitrogens with one attached hydrogen (secondary N) is 2. The smallest absolute Gasteiger partial charge is 0.193 e. The third-order valence-corrected chi connectivity index (χ3v) is 4.07. The van der Waals surface area contributed by atoms with Gasteiger partial charge >= 0.3 is 0 Å². The highest BCUT2D eigenvalue weighted by Crippen LogP contribution is 2.28. The molecule has 0 bridgehead atoms. The van der Waals surface area contributed by atoms with Crippen LogP contribution in [0.4, 0.5) is 5.69 Å². The largest absolute Gasteiger partial charge is 0.394 e. The van der Waals surface area contributed by atoms with Crippen LogP contribution in [0.15, 0.2) is 41.8 Å². The van der Waals surface area contributed by atoms with E-state index in [0.29, 0.717) is 0 Å². The van der Waals surface area contributed by atoms with Gasteiger partial charge in [0.25, 0.3) is 0 Å². The number of aliphatic hydroxyl groups excluding tert-OH is 1. The standard InChI is InChI=1S/C13H12N2O2S2/c16-8-10-7-9-3-1-4-11(13(9)14-10)15-19-17-12-5-2-6-18-12/h1-7,14-16H,8H2. The van der Waals surface area contributed by atoms with E-state index in [9.17, 15) is 0 Å². The van der Waals surface area contributed by atoms with Crippen molar-refractivity contribution in [3.8, 4) is 5.06 Å². The molecule has 98 valence electrons. The van der Waals surface area contributed by atoms with Gasteiger partial charge in [-0.25, -0.2) is 0 Å². The van der Waals surface area contributed by atoms with Crippen LogP contribution in [0.2, 0.25) is 0 Å². The van der Waals surface area contributed by atoms with Crippen molar-refractivity contribution in [3.63, 3.8) is 0 Å². The molecule has 3 aromatic rings. The predicted molar refractivity (Wildman–Crippen MR) is 80.4 cm³/mol. The van der Waals surface area contributed by atoms with Gasteiger partial charge in [-0.15, -0.1) is 11.3 Å². The fourth-order valence-electron chi connectivity index (χ4n) is 1.80. The molecule has 3 rings (SSSR count). The predicted octanol–water partition coefficient (Wildman–Crippen LogP) is 3.78. The minimum absolute atomic E-state index is 0.00690. The first-order valence-electron chi connectivity index (χ1n) is 5.71. The number of rotatable bonds is 5. The maximum Gasteiger partial charge on any atom is 0.193 e. The highest BCUT2D eigenvalue weighted by atomic mass is 32.2. The summed E-state index contributed by atoms with van der Waals surface area (Å²) in [6, 6.07) is 11.7. The van der Waals surface area contributed by atoms with E-state index in [1.807, 2.05) is 41.8 Å². The number of anilines is 1. The number of thiophene rings is 1. The lowest BCUT2D eigenvalue weighted by molar-refractivity contribution is 0.278. The second-order valence-corrected chi connectivity index (χ2v) is 5.37. The van der Waals surface area contributed by atoms with E-state index in [4.69, 9.17) is 9.29 Å². The monoisotopic (exact) mass is 292 g/mol. The van der Waals surface area contributed by atoms with E-state index < -0.39 is 0 Å². The zero-order valence-corrected chi connectivity index (χ0v) is 11.6. The van der Waals surface area contributed by atoms with E-state index in [0.717, 1.165) is 27.3 Å². The number of para-hydroxylation sites is 1. The van der Waals surface area contributed by atoms with Gasteiger partial charge in [0.15, 0.2) is 17.3 Å². The Morgan fingerprint density at radius 3 is 3.05 bits per heavy atom. The highest BCUT2D eigenvalue weighted by molar-refractivity contribution is 7.96. The van der Waals surface area contributed by atoms with Gasteiger partial charge in [-0.3, -0.25) is 4.72 Å². The molecule has 4 nitrogen and oxygen atoms in total. The number of aliphatic hydroxyl groups is 1. The third-order valence-electron chi connectivity index (χ3n) is 2.65. The SMILES string of the molecule is OCc1cc2cccc(NSOc3cccs3)c2[nH]1. The summed E-state index contributed by atoms with van der Waals surface area (Å²) in [7, 11) is 0. The molecular formula is C13H12N2O2S2. The van der Waals surface area contributed by atoms with E-state index in [2.05, 4.69) is 9.71 Å². The van der Waals surface area contributed by atoms with Gasteiger partial charge in [-0.2, -0.15) is 0 Å². The molecule has 0 aliphatic rings. The summed E-state index contributed by atoms with van der Waals surface area (Å²) >= 11 is 2.72. The molecule has 0 unspecified atom stereocenters. The van der Waals surface area contributed by atoms with Crippen molar-refractivity contribution < 1.29 is 9.29 Å². The fourth-order valence-corrected chi connectivity index (χ4v) is 2.95. The normalized spacial score (nSPS) is 10.8. The first-order valence-corrected chi connectivity index (χ1v) is 7.33. The van der Waals surface area contributed by atoms with Crippen molar-refractivity contribution in [2.45, 2.75) is 6.61 Å². The average Bonchev–Trinajstić information content (AvgIpc) is 3.07. The highest BCUT2D eigenvalue weighted by Gasteiger charge is 2.05. The van der Waals surface area contributed by atoms with Crippen LogP contribution >= 0.6 is 23.6 Å². The Bertz CT molecular complexity index is 664. The summed E-state index contributed by atoms with van der Waals surface area (Å²) in [4.78, 5) is 3.18. The third kappa shape index (κ3) is 2.70. The summed E-state index contributed by atoms with van der Waals surface area (Å²) in [5.41, 5.74) is 2.70. The lowest BCUT2D eigenvalue weighted by Gasteiger charge is -2.05. The first-order chi connectivity index (χ1) is 9.36. The molecule has 1 aromatic carbocycles. The van der Waals surface area contributed by atoms with Crippen molar-refractivity contribution >= 4 is 40.2 Å². The van der Waals surface area contributed by atoms with Crippen LogP contribution in [0, 0.1) is 0 Å². The lowest BCUT2D eigenvalue weighted by Crippen LogP contribution is -1.91. The molecule has 0 spiro atoms. The molecular weight excluding hydrogens is 280 g/mol. The molecule has 3 N–H and O–H groups in total. The average molecular weight is 292 g/mol. The second-order valence-electron chi connectivity index (χ2n) is 3.92. The Morgan fingerprint density at radius 2 is 2.26 bits per heavy atom. The van der Waals surface area contributed by atoms with Gasteiger partial charge in [-0.05, 0) is 29.6 Å². The molecule has 2 heterocycles. The Balaban J connectivity index is 1.75. The van der Waals surface area contributed by atoms with Crippen molar-refractivity contribution in [2.24, 2.45) is 0 Å². The van der Waals surface area contributed by atoms with Crippen molar-refractivity contribution in [1.82, 2.24) is 4.98 Å². The molecule has 0 aliphatic heterocycles. The fraction of sp³-hybridized carbons (Fsp3) is 0.0769. The maximum absolute atomic E-state index is 9.15. The van der Waals surface area contributed by atoms with Gasteiger partial charge < -0.3 is 14.3 Å². The van der Waals surface area contributed by atoms with Gasteiger partial charge in [0.1, 0.15) is 0 Å². The van der Waals surface area contributed by atoms with Crippen LogP contribution in [-0.2, 0) is 6.61 Å². The minimum atomic E-state index is 0.00690. The lowest BCUT2D eigenvalue weighted by atomic mass is 10.2. The Morgan fingerprint density at radius 1 is 1.32 bits per heavy atom. The van der Waals surface area contributed by atoms with Crippen LogP contribution in [0.1, 0.15) is 5.69 Å². The van der Waals surface area contributed by atoms with Gasteiger partial charge in [0, 0.05) is 11.1 Å². The molecule has 19 heavy (non-hydrogen) atoms. The zero-order valence-electron chi connectivity index (χ0n) is 9.92. The summed E-state index contributed by atoms with van der Waals surface area (Å²) < 4.78 is 8.64. The van der Waals surface area contributed by atoms with Crippen LogP contribution in [0.25, 0.3) is 10.9 Å². The summed E-state index contributed by atoms with van der Waals surface area (Å²) in [6.45, 7) is 0.00690. The molecule has 0 amide bonds. The van der Waals surface area contributed by atoms with E-state index in [-0.39, 0.29) is 6.61 Å². The minimum Gasteiger partial charge on any atom is -0.394 e. The maximum atomic E-state index is 9.15. The van der Waals surface area contributed by atoms with Gasteiger partial charge in [0.05, 0.1) is 17.8 Å². The molecule has 2 aromatic heterocycles. The van der Waals surface area contributed by atoms with Crippen molar-refractivity contribution in [3.05, 3.63) is 47.5 Å². The molecule has 0 radical (unpaired) electrons. The van der Waals surface area contributed by atoms with Crippen LogP contribution in [0.5, 0.6) is 5.06 Å². The number of H-pyrrole nitrogens is 1. The molecule has 0 aliphatic carbocycles. The number of aromatic nitrogens is 1. The van der Waals surface area contributed by atoms with Crippen molar-refractivity contribution in [2.75, 3.05) is 4.72 Å². The number of fused-ring (bicyclic) bond motifs is 1. The summed E-state index contributed by atoms with van der Waals surface area (Å²) in [5, 5.41) is 13.0. The van der Waals surface area contributed by atoms with E-state index in [1.54, 1.807) is 11.3 Å².